The molecule has 1 N–H and O–H groups in total. The van der Waals surface area contributed by atoms with Gasteiger partial charge in [-0.2, -0.15) is 0 Å². The van der Waals surface area contributed by atoms with Crippen molar-refractivity contribution in [2.75, 3.05) is 0 Å². The minimum Gasteiger partial charge on any atom is -0.388 e. The van der Waals surface area contributed by atoms with E-state index in [2.05, 4.69) is 22.9 Å². The van der Waals surface area contributed by atoms with E-state index in [1.54, 1.807) is 12.1 Å². The highest BCUT2D eigenvalue weighted by Gasteiger charge is 2.10. The molecule has 0 heterocycles. The van der Waals surface area contributed by atoms with Gasteiger partial charge in [0.05, 0.1) is 10.6 Å². The number of rotatable bonds is 4. The first kappa shape index (κ1) is 14.2. The van der Waals surface area contributed by atoms with E-state index in [0.29, 0.717) is 10.9 Å². The number of benzene rings is 2. The largest absolute Gasteiger partial charge is 0.388 e. The molecule has 0 aliphatic heterocycles. The lowest BCUT2D eigenvalue weighted by Crippen LogP contribution is -2.02. The number of aryl methyl sites for hydroxylation is 1. The van der Waals surface area contributed by atoms with Crippen LogP contribution >= 0.6 is 15.9 Å². The summed E-state index contributed by atoms with van der Waals surface area (Å²) in [5, 5.41) is 10.2. The highest BCUT2D eigenvalue weighted by atomic mass is 79.9. The summed E-state index contributed by atoms with van der Waals surface area (Å²) in [5.41, 5.74) is 3.04. The zero-order valence-electron chi connectivity index (χ0n) is 10.7. The quantitative estimate of drug-likeness (QED) is 0.883. The summed E-state index contributed by atoms with van der Waals surface area (Å²) in [6.07, 6.45) is 0.898. The topological polar surface area (TPSA) is 20.2 Å². The van der Waals surface area contributed by atoms with Crippen molar-refractivity contribution in [3.8, 4) is 0 Å². The Morgan fingerprint density at radius 1 is 1.11 bits per heavy atom. The first-order valence-corrected chi connectivity index (χ1v) is 7.10. The molecular weight excluding hydrogens is 307 g/mol. The van der Waals surface area contributed by atoms with E-state index in [1.807, 2.05) is 24.3 Å². The van der Waals surface area contributed by atoms with Crippen LogP contribution in [0.25, 0.3) is 0 Å². The maximum absolute atomic E-state index is 13.1. The Morgan fingerprint density at radius 2 is 1.74 bits per heavy atom. The zero-order valence-corrected chi connectivity index (χ0v) is 12.3. The van der Waals surface area contributed by atoms with Crippen molar-refractivity contribution in [2.24, 2.45) is 0 Å². The van der Waals surface area contributed by atoms with Crippen LogP contribution in [0.5, 0.6) is 0 Å². The summed E-state index contributed by atoms with van der Waals surface area (Å²) < 4.78 is 13.6. The van der Waals surface area contributed by atoms with E-state index >= 15 is 0 Å². The Labute approximate surface area is 121 Å². The molecule has 0 bridgehead atoms. The molecule has 0 aliphatic rings. The van der Waals surface area contributed by atoms with Crippen molar-refractivity contribution < 1.29 is 9.50 Å². The number of aliphatic hydroxyl groups excluding tert-OH is 1. The van der Waals surface area contributed by atoms with Gasteiger partial charge in [0.25, 0.3) is 0 Å². The number of hydrogen-bond acceptors (Lipinski definition) is 1. The molecule has 1 unspecified atom stereocenters. The van der Waals surface area contributed by atoms with Gasteiger partial charge in [0.1, 0.15) is 5.82 Å². The van der Waals surface area contributed by atoms with Gasteiger partial charge >= 0.3 is 0 Å². The Bertz CT molecular complexity index is 551. The highest BCUT2D eigenvalue weighted by Crippen LogP contribution is 2.22. The van der Waals surface area contributed by atoms with Crippen LogP contribution in [-0.4, -0.2) is 5.11 Å². The summed E-state index contributed by atoms with van der Waals surface area (Å²) in [6.45, 7) is 2.10. The van der Waals surface area contributed by atoms with Gasteiger partial charge in [0.15, 0.2) is 0 Å². The van der Waals surface area contributed by atoms with Crippen LogP contribution in [0.4, 0.5) is 4.39 Å². The molecule has 0 aliphatic carbocycles. The second kappa shape index (κ2) is 6.31. The lowest BCUT2D eigenvalue weighted by molar-refractivity contribution is 0.178. The first-order chi connectivity index (χ1) is 9.10. The second-order valence-electron chi connectivity index (χ2n) is 4.56. The van der Waals surface area contributed by atoms with Gasteiger partial charge in [-0.15, -0.1) is 0 Å². The van der Waals surface area contributed by atoms with Crippen LogP contribution in [0, 0.1) is 5.82 Å². The van der Waals surface area contributed by atoms with Crippen molar-refractivity contribution in [1.29, 1.82) is 0 Å². The fourth-order valence-corrected chi connectivity index (χ4v) is 2.41. The van der Waals surface area contributed by atoms with E-state index in [-0.39, 0.29) is 5.82 Å². The van der Waals surface area contributed by atoms with E-state index in [9.17, 15) is 9.50 Å². The normalized spacial score (nSPS) is 12.4. The van der Waals surface area contributed by atoms with Crippen molar-refractivity contribution in [1.82, 2.24) is 0 Å². The van der Waals surface area contributed by atoms with Gasteiger partial charge in [-0.05, 0) is 51.2 Å². The predicted octanol–water partition coefficient (Wildman–Crippen LogP) is 4.43. The van der Waals surface area contributed by atoms with Crippen LogP contribution in [0.1, 0.15) is 29.7 Å². The number of hydrogen-bond donors (Lipinski definition) is 1. The molecular formula is C16H16BrFO. The molecule has 3 heteroatoms. The summed E-state index contributed by atoms with van der Waals surface area (Å²) in [6, 6.07) is 12.8. The summed E-state index contributed by atoms with van der Waals surface area (Å²) in [4.78, 5) is 0. The second-order valence-corrected chi connectivity index (χ2v) is 5.42. The third-order valence-corrected chi connectivity index (χ3v) is 3.79. The third-order valence-electron chi connectivity index (χ3n) is 3.19. The molecule has 0 spiro atoms. The van der Waals surface area contributed by atoms with Crippen LogP contribution < -0.4 is 0 Å². The van der Waals surface area contributed by atoms with Gasteiger partial charge < -0.3 is 5.11 Å². The van der Waals surface area contributed by atoms with Gasteiger partial charge in [-0.3, -0.25) is 0 Å². The fraction of sp³-hybridized carbons (Fsp3) is 0.250. The van der Waals surface area contributed by atoms with E-state index in [4.69, 9.17) is 0 Å². The van der Waals surface area contributed by atoms with E-state index < -0.39 is 6.10 Å². The van der Waals surface area contributed by atoms with Crippen LogP contribution in [0.2, 0.25) is 0 Å². The fourth-order valence-electron chi connectivity index (χ4n) is 1.98. The number of aliphatic hydroxyl groups is 1. The Hall–Kier alpha value is -1.19. The van der Waals surface area contributed by atoms with E-state index in [0.717, 1.165) is 17.5 Å². The standard InChI is InChI=1S/C16H16BrFO/c1-2-11-3-6-13(7-4-11)16(19)10-12-5-8-15(18)14(17)9-12/h3-9,16,19H,2,10H2,1H3. The van der Waals surface area contributed by atoms with Crippen molar-refractivity contribution in [3.05, 3.63) is 69.4 Å². The van der Waals surface area contributed by atoms with Crippen molar-refractivity contribution in [3.63, 3.8) is 0 Å². The van der Waals surface area contributed by atoms with E-state index in [1.165, 1.54) is 11.6 Å². The van der Waals surface area contributed by atoms with Gasteiger partial charge in [-0.1, -0.05) is 37.3 Å². The maximum Gasteiger partial charge on any atom is 0.137 e. The van der Waals surface area contributed by atoms with Crippen LogP contribution in [-0.2, 0) is 12.8 Å². The van der Waals surface area contributed by atoms with Gasteiger partial charge in [0, 0.05) is 6.42 Å². The Morgan fingerprint density at radius 3 is 2.32 bits per heavy atom. The lowest BCUT2D eigenvalue weighted by Gasteiger charge is -2.12. The molecule has 2 aromatic rings. The van der Waals surface area contributed by atoms with Gasteiger partial charge in [-0.25, -0.2) is 4.39 Å². The molecule has 1 nitrogen and oxygen atoms in total. The molecule has 2 aromatic carbocycles. The average molecular weight is 323 g/mol. The molecule has 2 rings (SSSR count). The molecule has 0 saturated heterocycles. The molecule has 0 amide bonds. The average Bonchev–Trinajstić information content (AvgIpc) is 2.43. The number of halogens is 2. The molecule has 0 fully saturated rings. The summed E-state index contributed by atoms with van der Waals surface area (Å²) in [5.74, 6) is -0.287. The van der Waals surface area contributed by atoms with Crippen molar-refractivity contribution in [2.45, 2.75) is 25.9 Å². The third kappa shape index (κ3) is 3.64. The monoisotopic (exact) mass is 322 g/mol. The summed E-state index contributed by atoms with van der Waals surface area (Å²) >= 11 is 3.15. The molecule has 19 heavy (non-hydrogen) atoms. The smallest absolute Gasteiger partial charge is 0.137 e. The molecule has 100 valence electrons. The SMILES string of the molecule is CCc1ccc(C(O)Cc2ccc(F)c(Br)c2)cc1. The minimum atomic E-state index is -0.566. The Balaban J connectivity index is 2.10. The first-order valence-electron chi connectivity index (χ1n) is 6.31. The highest BCUT2D eigenvalue weighted by molar-refractivity contribution is 9.10. The van der Waals surface area contributed by atoms with Gasteiger partial charge in [0.2, 0.25) is 0 Å². The summed E-state index contributed by atoms with van der Waals surface area (Å²) in [7, 11) is 0. The molecule has 1 atom stereocenters. The Kier molecular flexibility index (Phi) is 4.72. The van der Waals surface area contributed by atoms with Crippen molar-refractivity contribution >= 4 is 15.9 Å². The molecule has 0 saturated carbocycles. The predicted molar refractivity (Wildman–Crippen MR) is 78.6 cm³/mol. The lowest BCUT2D eigenvalue weighted by atomic mass is 10.00. The minimum absolute atomic E-state index is 0.287. The molecule has 0 radical (unpaired) electrons. The maximum atomic E-state index is 13.1. The van der Waals surface area contributed by atoms with Crippen LogP contribution in [0.15, 0.2) is 46.9 Å². The van der Waals surface area contributed by atoms with Crippen LogP contribution in [0.3, 0.4) is 0 Å². The zero-order chi connectivity index (χ0) is 13.8. The molecule has 0 aromatic heterocycles.